The summed E-state index contributed by atoms with van der Waals surface area (Å²) in [7, 11) is 3.07. The van der Waals surface area contributed by atoms with Crippen LogP contribution in [0, 0.1) is 5.92 Å². The van der Waals surface area contributed by atoms with Crippen molar-refractivity contribution in [2.45, 2.75) is 59.2 Å². The van der Waals surface area contributed by atoms with Crippen LogP contribution < -0.4 is 0 Å². The molecule has 0 radical (unpaired) electrons. The van der Waals surface area contributed by atoms with Gasteiger partial charge in [0.25, 0.3) is 6.47 Å². The van der Waals surface area contributed by atoms with Gasteiger partial charge in [-0.3, -0.25) is 4.79 Å². The summed E-state index contributed by atoms with van der Waals surface area (Å²) < 4.78 is 15.0. The lowest BCUT2D eigenvalue weighted by atomic mass is 9.86. The van der Waals surface area contributed by atoms with Crippen LogP contribution >= 0.6 is 0 Å². The lowest BCUT2D eigenvalue weighted by Crippen LogP contribution is -2.38. The topological polar surface area (TPSA) is 44.8 Å². The van der Waals surface area contributed by atoms with Gasteiger partial charge in [-0.15, -0.1) is 0 Å². The van der Waals surface area contributed by atoms with Crippen molar-refractivity contribution in [2.24, 2.45) is 5.92 Å². The number of rotatable bonds is 4. The van der Waals surface area contributed by atoms with E-state index in [2.05, 4.69) is 11.7 Å². The Morgan fingerprint density at radius 2 is 1.67 bits per heavy atom. The molecule has 1 rings (SSSR count). The number of methoxy groups -OCH3 is 2. The van der Waals surface area contributed by atoms with Gasteiger partial charge in [0, 0.05) is 26.6 Å². The second kappa shape index (κ2) is 12.8. The summed E-state index contributed by atoms with van der Waals surface area (Å²) in [6.45, 7) is 9.45. The molecule has 110 valence electrons. The van der Waals surface area contributed by atoms with Crippen molar-refractivity contribution in [3.05, 3.63) is 0 Å². The van der Waals surface area contributed by atoms with Crippen molar-refractivity contribution >= 4 is 6.47 Å². The minimum Gasteiger partial charge on any atom is -0.471 e. The predicted octanol–water partition coefficient (Wildman–Crippen LogP) is 3.39. The molecule has 0 N–H and O–H groups in total. The van der Waals surface area contributed by atoms with Crippen molar-refractivity contribution in [2.75, 3.05) is 20.8 Å². The quantitative estimate of drug-likeness (QED) is 0.575. The van der Waals surface area contributed by atoms with Crippen molar-refractivity contribution < 1.29 is 19.0 Å². The number of ether oxygens (including phenoxy) is 3. The van der Waals surface area contributed by atoms with E-state index in [1.165, 1.54) is 20.0 Å². The lowest BCUT2D eigenvalue weighted by Gasteiger charge is -2.37. The first-order chi connectivity index (χ1) is 8.64. The molecule has 0 saturated heterocycles. The summed E-state index contributed by atoms with van der Waals surface area (Å²) >= 11 is 0. The first-order valence-electron chi connectivity index (χ1n) is 6.79. The summed E-state index contributed by atoms with van der Waals surface area (Å²) in [6, 6.07) is 0. The Balaban J connectivity index is 0. The maximum Gasteiger partial charge on any atom is 0.292 e. The molecule has 4 heteroatoms. The molecule has 0 aromatic carbocycles. The van der Waals surface area contributed by atoms with Gasteiger partial charge in [0.05, 0.1) is 7.11 Å². The Morgan fingerprint density at radius 3 is 1.94 bits per heavy atom. The zero-order valence-corrected chi connectivity index (χ0v) is 12.8. The van der Waals surface area contributed by atoms with E-state index in [9.17, 15) is 0 Å². The molecule has 1 fully saturated rings. The van der Waals surface area contributed by atoms with Crippen LogP contribution in [0.1, 0.15) is 53.4 Å². The van der Waals surface area contributed by atoms with E-state index >= 15 is 0 Å². The van der Waals surface area contributed by atoms with E-state index in [1.807, 2.05) is 20.8 Å². The molecule has 0 aliphatic heterocycles. The van der Waals surface area contributed by atoms with Crippen LogP contribution in [0.15, 0.2) is 0 Å². The van der Waals surface area contributed by atoms with Gasteiger partial charge in [-0.2, -0.15) is 0 Å². The number of carbonyl (C=O) groups is 1. The molecule has 0 aromatic heterocycles. The van der Waals surface area contributed by atoms with E-state index in [1.54, 1.807) is 7.11 Å². The van der Waals surface area contributed by atoms with Crippen molar-refractivity contribution in [1.82, 2.24) is 0 Å². The van der Waals surface area contributed by atoms with Crippen LogP contribution in [0.4, 0.5) is 0 Å². The fourth-order valence-electron chi connectivity index (χ4n) is 1.87. The molecule has 0 spiro atoms. The Labute approximate surface area is 112 Å². The third-order valence-corrected chi connectivity index (χ3v) is 2.91. The average Bonchev–Trinajstić information content (AvgIpc) is 2.44. The van der Waals surface area contributed by atoms with Gasteiger partial charge in [0.2, 0.25) is 0 Å². The third-order valence-electron chi connectivity index (χ3n) is 2.91. The average molecular weight is 262 g/mol. The van der Waals surface area contributed by atoms with E-state index < -0.39 is 0 Å². The fraction of sp³-hybridized carbons (Fsp3) is 0.929. The summed E-state index contributed by atoms with van der Waals surface area (Å²) in [5.74, 6) is 0.593. The van der Waals surface area contributed by atoms with Gasteiger partial charge in [0.1, 0.15) is 0 Å². The zero-order valence-electron chi connectivity index (χ0n) is 12.8. The van der Waals surface area contributed by atoms with Crippen LogP contribution in [0.5, 0.6) is 0 Å². The van der Waals surface area contributed by atoms with Crippen LogP contribution in [0.3, 0.4) is 0 Å². The molecule has 18 heavy (non-hydrogen) atoms. The largest absolute Gasteiger partial charge is 0.471 e. The maximum atomic E-state index is 8.95. The lowest BCUT2D eigenvalue weighted by molar-refractivity contribution is -0.239. The molecular formula is C14H30O4. The van der Waals surface area contributed by atoms with Gasteiger partial charge in [-0.1, -0.05) is 20.8 Å². The van der Waals surface area contributed by atoms with Gasteiger partial charge in [-0.05, 0) is 25.7 Å². The summed E-state index contributed by atoms with van der Waals surface area (Å²) in [4.78, 5) is 8.95. The Bertz CT molecular complexity index is 175. The third kappa shape index (κ3) is 8.48. The first-order valence-corrected chi connectivity index (χ1v) is 6.79. The highest BCUT2D eigenvalue weighted by molar-refractivity contribution is 5.36. The number of hydrogen-bond donors (Lipinski definition) is 0. The second-order valence-corrected chi connectivity index (χ2v) is 4.06. The van der Waals surface area contributed by atoms with Crippen LogP contribution in [0.25, 0.3) is 0 Å². The van der Waals surface area contributed by atoms with Gasteiger partial charge in [-0.25, -0.2) is 0 Å². The monoisotopic (exact) mass is 262 g/mol. The Kier molecular flexibility index (Phi) is 14.1. The molecule has 4 nitrogen and oxygen atoms in total. The predicted molar refractivity (Wildman–Crippen MR) is 73.4 cm³/mol. The number of carbonyl (C=O) groups excluding carboxylic acids is 1. The molecule has 0 unspecified atom stereocenters. The Morgan fingerprint density at radius 1 is 1.22 bits per heavy atom. The van der Waals surface area contributed by atoms with Gasteiger partial charge >= 0.3 is 0 Å². The van der Waals surface area contributed by atoms with Gasteiger partial charge < -0.3 is 14.2 Å². The fourth-order valence-corrected chi connectivity index (χ4v) is 1.87. The minimum absolute atomic E-state index is 0.249. The summed E-state index contributed by atoms with van der Waals surface area (Å²) in [5.41, 5.74) is 0. The maximum absolute atomic E-state index is 8.95. The Hall–Kier alpha value is -0.610. The van der Waals surface area contributed by atoms with Crippen LogP contribution in [0.2, 0.25) is 0 Å². The van der Waals surface area contributed by atoms with E-state index in [4.69, 9.17) is 14.3 Å². The molecular weight excluding hydrogens is 232 g/mol. The molecule has 0 atom stereocenters. The standard InChI is InChI=1S/C10H20O2.C2H4O2.C2H6/c1-4-12-10(11-3)7-5-9(2)6-8-10;1-4-2-3;1-2/h9H,4-8H2,1-3H3;2H,1H3;1-2H3. The van der Waals surface area contributed by atoms with Gasteiger partial charge in [0.15, 0.2) is 5.79 Å². The SMILES string of the molecule is CC.CCOC1(OC)CCC(C)CC1.COC=O. The molecule has 0 aromatic rings. The van der Waals surface area contributed by atoms with Crippen LogP contribution in [-0.4, -0.2) is 33.1 Å². The number of hydrogen-bond acceptors (Lipinski definition) is 4. The van der Waals surface area contributed by atoms with E-state index in [0.717, 1.165) is 25.4 Å². The molecule has 0 heterocycles. The summed E-state index contributed by atoms with van der Waals surface area (Å²) in [6.07, 6.45) is 4.57. The van der Waals surface area contributed by atoms with E-state index in [0.29, 0.717) is 6.47 Å². The molecule has 1 saturated carbocycles. The minimum atomic E-state index is -0.249. The highest BCUT2D eigenvalue weighted by atomic mass is 16.7. The molecule has 1 aliphatic carbocycles. The van der Waals surface area contributed by atoms with E-state index in [-0.39, 0.29) is 5.79 Å². The molecule has 0 amide bonds. The zero-order chi connectivity index (χ0) is 14.4. The van der Waals surface area contributed by atoms with Crippen molar-refractivity contribution in [3.63, 3.8) is 0 Å². The van der Waals surface area contributed by atoms with Crippen molar-refractivity contribution in [1.29, 1.82) is 0 Å². The first kappa shape index (κ1) is 19.7. The van der Waals surface area contributed by atoms with Crippen LogP contribution in [-0.2, 0) is 19.0 Å². The molecule has 0 bridgehead atoms. The van der Waals surface area contributed by atoms with Crippen molar-refractivity contribution in [3.8, 4) is 0 Å². The highest BCUT2D eigenvalue weighted by Gasteiger charge is 2.34. The smallest absolute Gasteiger partial charge is 0.292 e. The molecule has 1 aliphatic rings. The summed E-state index contributed by atoms with van der Waals surface area (Å²) in [5, 5.41) is 0. The normalized spacial score (nSPS) is 26.0. The second-order valence-electron chi connectivity index (χ2n) is 4.06. The highest BCUT2D eigenvalue weighted by Crippen LogP contribution is 2.34.